The van der Waals surface area contributed by atoms with Crippen LogP contribution in [0.15, 0.2) is 24.3 Å². The summed E-state index contributed by atoms with van der Waals surface area (Å²) in [4.78, 5) is 27.0. The van der Waals surface area contributed by atoms with E-state index in [1.54, 1.807) is 0 Å². The molecular formula is C40H62N2O3. The highest BCUT2D eigenvalue weighted by atomic mass is 16.4. The molecule has 0 bridgehead atoms. The summed E-state index contributed by atoms with van der Waals surface area (Å²) in [6, 6.07) is 7.80. The molecule has 0 spiro atoms. The van der Waals surface area contributed by atoms with Crippen molar-refractivity contribution in [2.45, 2.75) is 124 Å². The molecule has 5 heteroatoms. The van der Waals surface area contributed by atoms with Gasteiger partial charge in [-0.25, -0.2) is 4.79 Å². The van der Waals surface area contributed by atoms with E-state index in [-0.39, 0.29) is 16.9 Å². The first-order chi connectivity index (χ1) is 21.1. The lowest BCUT2D eigenvalue weighted by atomic mass is 9.35. The average molecular weight is 619 g/mol. The van der Waals surface area contributed by atoms with Crippen LogP contribution in [0.5, 0.6) is 0 Å². The number of carbonyl (C=O) groups is 2. The molecule has 5 aliphatic carbocycles. The maximum Gasteiger partial charge on any atom is 0.335 e. The molecule has 0 saturated heterocycles. The summed E-state index contributed by atoms with van der Waals surface area (Å²) in [5.41, 5.74) is 2.57. The van der Waals surface area contributed by atoms with Gasteiger partial charge in [0, 0.05) is 18.5 Å². The maximum atomic E-state index is 13.4. The van der Waals surface area contributed by atoms with Crippen molar-refractivity contribution in [1.82, 2.24) is 10.2 Å². The number of amides is 1. The van der Waals surface area contributed by atoms with Crippen molar-refractivity contribution in [2.75, 3.05) is 20.6 Å². The Morgan fingerprint density at radius 2 is 1.53 bits per heavy atom. The molecule has 1 amide bonds. The number of carboxylic acid groups (broad SMARTS) is 1. The molecule has 250 valence electrons. The first-order valence-electron chi connectivity index (χ1n) is 18.4. The van der Waals surface area contributed by atoms with Crippen LogP contribution in [0.3, 0.4) is 0 Å². The lowest BCUT2D eigenvalue weighted by Gasteiger charge is -2.70. The molecule has 6 rings (SSSR count). The lowest BCUT2D eigenvalue weighted by molar-refractivity contribution is -0.198. The van der Waals surface area contributed by atoms with Gasteiger partial charge in [0.1, 0.15) is 0 Å². The Labute approximate surface area is 273 Å². The number of carbonyl (C=O) groups excluding carboxylic acids is 1. The molecule has 5 aliphatic rings. The number of nitrogens with one attached hydrogen (secondary N) is 1. The molecule has 1 aromatic carbocycles. The van der Waals surface area contributed by atoms with Crippen molar-refractivity contribution >= 4 is 11.9 Å². The summed E-state index contributed by atoms with van der Waals surface area (Å²) in [6.45, 7) is 16.1. The van der Waals surface area contributed by atoms with Crippen LogP contribution in [0, 0.1) is 57.7 Å². The summed E-state index contributed by atoms with van der Waals surface area (Å²) in [7, 11) is 4.12. The zero-order valence-electron chi connectivity index (χ0n) is 29.6. The highest BCUT2D eigenvalue weighted by molar-refractivity contribution is 5.87. The van der Waals surface area contributed by atoms with Gasteiger partial charge in [0.25, 0.3) is 0 Å². The van der Waals surface area contributed by atoms with Crippen LogP contribution in [0.1, 0.15) is 134 Å². The lowest BCUT2D eigenvalue weighted by Crippen LogP contribution is -2.65. The molecule has 1 aromatic rings. The molecule has 10 atom stereocenters. The third kappa shape index (κ3) is 5.30. The van der Waals surface area contributed by atoms with Crippen LogP contribution in [-0.4, -0.2) is 48.1 Å². The minimum Gasteiger partial charge on any atom is -0.478 e. The monoisotopic (exact) mass is 618 g/mol. The fraction of sp³-hybridized carbons (Fsp3) is 0.800. The number of benzene rings is 1. The summed E-state index contributed by atoms with van der Waals surface area (Å²) >= 11 is 0. The average Bonchev–Trinajstić information content (AvgIpc) is 3.35. The Morgan fingerprint density at radius 1 is 0.867 bits per heavy atom. The van der Waals surface area contributed by atoms with Gasteiger partial charge in [0.2, 0.25) is 5.91 Å². The number of rotatable bonds is 7. The topological polar surface area (TPSA) is 69.6 Å². The van der Waals surface area contributed by atoms with E-state index in [9.17, 15) is 14.7 Å². The minimum absolute atomic E-state index is 0.0000383. The molecular weight excluding hydrogens is 556 g/mol. The number of carboxylic acids is 1. The van der Waals surface area contributed by atoms with Crippen molar-refractivity contribution in [2.24, 2.45) is 57.7 Å². The molecule has 5 fully saturated rings. The second kappa shape index (κ2) is 11.7. The number of nitrogens with zero attached hydrogens (tertiary/aromatic N) is 1. The fourth-order valence-electron chi connectivity index (χ4n) is 13.4. The summed E-state index contributed by atoms with van der Waals surface area (Å²) in [5.74, 6) is 4.78. The standard InChI is InChI=1S/C40H62N2O3/c1-25(2)28-15-22-40(41-34(43)19-24-42(7)8)23-17-31-29(35(28)40)13-14-33-38(31,5)21-18-32-37(3,4)30(16-20-39(32,33)6)26-9-11-27(12-10-26)36(44)45/h9-12,25,28-33,35H,13-24H2,1-8H3,(H,41,43)(H,44,45)/t28?,29-,30-,31?,32?,33?,35?,38-,39-,40-/m0/s1. The Bertz CT molecular complexity index is 1270. The Morgan fingerprint density at radius 3 is 2.18 bits per heavy atom. The van der Waals surface area contributed by atoms with Crippen molar-refractivity contribution < 1.29 is 14.7 Å². The van der Waals surface area contributed by atoms with E-state index in [0.29, 0.717) is 52.4 Å². The normalized spacial score (nSPS) is 42.0. The fourth-order valence-corrected chi connectivity index (χ4v) is 13.4. The van der Waals surface area contributed by atoms with Crippen molar-refractivity contribution in [1.29, 1.82) is 0 Å². The third-order valence-electron chi connectivity index (χ3n) is 15.3. The maximum absolute atomic E-state index is 13.4. The van der Waals surface area contributed by atoms with Crippen LogP contribution in [-0.2, 0) is 4.79 Å². The predicted octanol–water partition coefficient (Wildman–Crippen LogP) is 8.64. The van der Waals surface area contributed by atoms with E-state index in [4.69, 9.17) is 0 Å². The number of hydrogen-bond donors (Lipinski definition) is 2. The number of aromatic carboxylic acids is 1. The van der Waals surface area contributed by atoms with Crippen LogP contribution in [0.4, 0.5) is 0 Å². The van der Waals surface area contributed by atoms with Crippen molar-refractivity contribution in [3.05, 3.63) is 35.4 Å². The first-order valence-corrected chi connectivity index (χ1v) is 18.4. The Balaban J connectivity index is 1.26. The van der Waals surface area contributed by atoms with E-state index in [1.807, 2.05) is 12.1 Å². The van der Waals surface area contributed by atoms with Gasteiger partial charge < -0.3 is 15.3 Å². The summed E-state index contributed by atoms with van der Waals surface area (Å²) in [5, 5.41) is 13.2. The van der Waals surface area contributed by atoms with Gasteiger partial charge in [-0.15, -0.1) is 0 Å². The second-order valence-corrected chi connectivity index (χ2v) is 18.1. The van der Waals surface area contributed by atoms with E-state index >= 15 is 0 Å². The molecule has 45 heavy (non-hydrogen) atoms. The molecule has 5 unspecified atom stereocenters. The number of fused-ring (bicyclic) bond motifs is 7. The van der Waals surface area contributed by atoms with Crippen molar-refractivity contribution in [3.63, 3.8) is 0 Å². The van der Waals surface area contributed by atoms with Gasteiger partial charge in [-0.1, -0.05) is 53.7 Å². The largest absolute Gasteiger partial charge is 0.478 e. The summed E-state index contributed by atoms with van der Waals surface area (Å²) < 4.78 is 0. The van der Waals surface area contributed by atoms with Gasteiger partial charge in [-0.3, -0.25) is 4.79 Å². The van der Waals surface area contributed by atoms with Gasteiger partial charge >= 0.3 is 5.97 Å². The SMILES string of the molecule is CC(C)C1CC[C@]2(NC(=O)CCN(C)C)CCC3[C@H](CCC4[C@@]3(C)CCC3C(C)(C)[C@H](c5ccc(C(=O)O)cc5)CC[C@@]34C)C12. The van der Waals surface area contributed by atoms with Crippen molar-refractivity contribution in [3.8, 4) is 0 Å². The predicted molar refractivity (Wildman–Crippen MR) is 182 cm³/mol. The van der Waals surface area contributed by atoms with Crippen LogP contribution < -0.4 is 5.32 Å². The highest BCUT2D eigenvalue weighted by Crippen LogP contribution is 2.74. The molecule has 0 heterocycles. The first kappa shape index (κ1) is 33.0. The number of hydrogen-bond acceptors (Lipinski definition) is 3. The molecule has 0 radical (unpaired) electrons. The van der Waals surface area contributed by atoms with Gasteiger partial charge in [-0.2, -0.15) is 0 Å². The minimum atomic E-state index is -0.844. The Hall–Kier alpha value is -1.88. The van der Waals surface area contributed by atoms with Gasteiger partial charge in [0.05, 0.1) is 5.56 Å². The smallest absolute Gasteiger partial charge is 0.335 e. The second-order valence-electron chi connectivity index (χ2n) is 18.1. The molecule has 5 nitrogen and oxygen atoms in total. The summed E-state index contributed by atoms with van der Waals surface area (Å²) in [6.07, 6.45) is 13.2. The van der Waals surface area contributed by atoms with Crippen LogP contribution >= 0.6 is 0 Å². The third-order valence-corrected chi connectivity index (χ3v) is 15.3. The van der Waals surface area contributed by atoms with E-state index < -0.39 is 5.97 Å². The quantitative estimate of drug-likeness (QED) is 0.321. The zero-order chi connectivity index (χ0) is 32.5. The van der Waals surface area contributed by atoms with E-state index in [0.717, 1.165) is 30.7 Å². The molecule has 2 N–H and O–H groups in total. The van der Waals surface area contributed by atoms with Crippen LogP contribution in [0.25, 0.3) is 0 Å². The van der Waals surface area contributed by atoms with E-state index in [2.05, 4.69) is 78.0 Å². The Kier molecular flexibility index (Phi) is 8.57. The molecule has 0 aliphatic heterocycles. The van der Waals surface area contributed by atoms with Gasteiger partial charge in [0.15, 0.2) is 0 Å². The molecule has 0 aromatic heterocycles. The van der Waals surface area contributed by atoms with E-state index in [1.165, 1.54) is 63.4 Å². The highest BCUT2D eigenvalue weighted by Gasteiger charge is 2.67. The van der Waals surface area contributed by atoms with Gasteiger partial charge in [-0.05, 0) is 160 Å². The zero-order valence-corrected chi connectivity index (χ0v) is 29.6. The van der Waals surface area contributed by atoms with Crippen LogP contribution in [0.2, 0.25) is 0 Å². The molecule has 5 saturated carbocycles.